The van der Waals surface area contributed by atoms with Gasteiger partial charge in [-0.2, -0.15) is 0 Å². The monoisotopic (exact) mass is 680 g/mol. The van der Waals surface area contributed by atoms with Crippen LogP contribution in [0.3, 0.4) is 0 Å². The van der Waals surface area contributed by atoms with E-state index in [1.165, 1.54) is 70.6 Å². The maximum absolute atomic E-state index is 11.7. The lowest BCUT2D eigenvalue weighted by atomic mass is 10.8. The Hall–Kier alpha value is 1.50. The topological polar surface area (TPSA) is 130 Å². The van der Waals surface area contributed by atoms with Gasteiger partial charge in [0.15, 0.2) is 0 Å². The summed E-state index contributed by atoms with van der Waals surface area (Å²) < 4.78 is 10.2. The maximum atomic E-state index is 11.7. The van der Waals surface area contributed by atoms with Crippen LogP contribution in [0.4, 0.5) is 0 Å². The number of aliphatic hydroxyl groups excluding tert-OH is 2. The van der Waals surface area contributed by atoms with Gasteiger partial charge in [0.05, 0.1) is 37.9 Å². The fraction of sp³-hybridized carbons (Fsp3) is 0.895. The summed E-state index contributed by atoms with van der Waals surface area (Å²) in [6, 6.07) is 0. The van der Waals surface area contributed by atoms with Crippen LogP contribution in [0.1, 0.15) is 0 Å². The van der Waals surface area contributed by atoms with Gasteiger partial charge in [-0.25, -0.2) is 19.6 Å². The normalized spacial score (nSPS) is 11.1. The first-order chi connectivity index (χ1) is 18.2. The van der Waals surface area contributed by atoms with Gasteiger partial charge in [0.25, 0.3) is 0 Å². The van der Waals surface area contributed by atoms with Crippen LogP contribution in [-0.4, -0.2) is 122 Å². The standard InChI is InChI=1S/C19H36O10S8/c20-1-5-30-11-24-18(22)9-34-15-33-8-4-27-29-14-37-17-36-12-25-19(23)10-35-16-32-7-3-26-28-13-31-6-2-21/h20-21H,1-17H2. The second-order valence-electron chi connectivity index (χ2n) is 5.92. The van der Waals surface area contributed by atoms with Crippen LogP contribution in [0, 0.1) is 0 Å². The molecule has 0 aliphatic rings. The van der Waals surface area contributed by atoms with Crippen LogP contribution in [0.25, 0.3) is 0 Å². The number of aliphatic hydroxyl groups is 2. The van der Waals surface area contributed by atoms with Crippen LogP contribution in [-0.2, 0) is 38.6 Å². The molecule has 0 saturated heterocycles. The molecule has 0 aliphatic heterocycles. The minimum atomic E-state index is -0.246. The van der Waals surface area contributed by atoms with Gasteiger partial charge in [0, 0.05) is 38.3 Å². The lowest BCUT2D eigenvalue weighted by Crippen LogP contribution is -2.08. The number of carbonyl (C=O) groups is 2. The zero-order chi connectivity index (χ0) is 27.1. The Labute approximate surface area is 253 Å². The van der Waals surface area contributed by atoms with Crippen LogP contribution in [0.5, 0.6) is 0 Å². The lowest BCUT2D eigenvalue weighted by Gasteiger charge is -2.06. The summed E-state index contributed by atoms with van der Waals surface area (Å²) in [5.74, 6) is 4.26. The summed E-state index contributed by atoms with van der Waals surface area (Å²) in [4.78, 5) is 43.2. The molecule has 0 atom stereocenters. The molecule has 18 heteroatoms. The molecule has 0 bridgehead atoms. The highest BCUT2D eigenvalue weighted by atomic mass is 32.2. The molecule has 10 nitrogen and oxygen atoms in total. The molecule has 0 rings (SSSR count). The van der Waals surface area contributed by atoms with Gasteiger partial charge in [-0.3, -0.25) is 9.59 Å². The molecule has 0 aliphatic carbocycles. The van der Waals surface area contributed by atoms with E-state index in [0.29, 0.717) is 54.0 Å². The first kappa shape index (κ1) is 38.5. The van der Waals surface area contributed by atoms with Crippen molar-refractivity contribution in [3.8, 4) is 0 Å². The fourth-order valence-electron chi connectivity index (χ4n) is 1.60. The second kappa shape index (κ2) is 33.7. The van der Waals surface area contributed by atoms with Crippen LogP contribution in [0.2, 0.25) is 0 Å². The van der Waals surface area contributed by atoms with Gasteiger partial charge >= 0.3 is 11.9 Å². The average molecular weight is 681 g/mol. The molecule has 0 radical (unpaired) electrons. The number of hydrogen-bond donors (Lipinski definition) is 2. The quantitative estimate of drug-likeness (QED) is 0.0377. The predicted molar refractivity (Wildman–Crippen MR) is 164 cm³/mol. The SMILES string of the molecule is O=C(CSCSCCOOCSCSCOC(=O)CSCSCCOOCSCCO)OCSCCO. The summed E-state index contributed by atoms with van der Waals surface area (Å²) in [6.07, 6.45) is 0. The number of rotatable bonds is 30. The van der Waals surface area contributed by atoms with E-state index in [0.717, 1.165) is 26.8 Å². The zero-order valence-electron chi connectivity index (χ0n) is 20.4. The minimum absolute atomic E-state index is 0.0811. The predicted octanol–water partition coefficient (Wildman–Crippen LogP) is 3.52. The molecule has 0 aromatic carbocycles. The molecule has 0 aromatic rings. The molecular weight excluding hydrogens is 645 g/mol. The third kappa shape index (κ3) is 33.6. The van der Waals surface area contributed by atoms with Crippen molar-refractivity contribution >= 4 is 106 Å². The molecular formula is C19H36O10S8. The van der Waals surface area contributed by atoms with Gasteiger partial charge in [0.1, 0.15) is 23.8 Å². The van der Waals surface area contributed by atoms with Gasteiger partial charge in [-0.05, 0) is 0 Å². The molecule has 0 saturated carbocycles. The lowest BCUT2D eigenvalue weighted by molar-refractivity contribution is -0.274. The highest BCUT2D eigenvalue weighted by Gasteiger charge is 2.04. The van der Waals surface area contributed by atoms with E-state index < -0.39 is 0 Å². The Morgan fingerprint density at radius 1 is 0.486 bits per heavy atom. The number of esters is 2. The minimum Gasteiger partial charge on any atom is -0.454 e. The summed E-state index contributed by atoms with van der Waals surface area (Å²) >= 11 is 12.2. The highest BCUT2D eigenvalue weighted by Crippen LogP contribution is 2.16. The zero-order valence-corrected chi connectivity index (χ0v) is 27.0. The first-order valence-corrected chi connectivity index (χ1v) is 20.1. The van der Waals surface area contributed by atoms with Crippen LogP contribution >= 0.6 is 94.1 Å². The van der Waals surface area contributed by atoms with Crippen molar-refractivity contribution in [1.82, 2.24) is 0 Å². The fourth-order valence-corrected chi connectivity index (χ4v) is 7.23. The van der Waals surface area contributed by atoms with Gasteiger partial charge in [-0.15, -0.1) is 94.1 Å². The van der Waals surface area contributed by atoms with Crippen molar-refractivity contribution in [2.45, 2.75) is 0 Å². The van der Waals surface area contributed by atoms with Crippen molar-refractivity contribution in [1.29, 1.82) is 0 Å². The number of hydrogen-bond acceptors (Lipinski definition) is 18. The Morgan fingerprint density at radius 2 is 0.919 bits per heavy atom. The van der Waals surface area contributed by atoms with E-state index in [1.807, 2.05) is 0 Å². The number of carbonyl (C=O) groups excluding carboxylic acids is 2. The van der Waals surface area contributed by atoms with E-state index in [-0.39, 0.29) is 31.1 Å². The van der Waals surface area contributed by atoms with Crippen LogP contribution in [0.15, 0.2) is 0 Å². The van der Waals surface area contributed by atoms with E-state index in [9.17, 15) is 9.59 Å². The van der Waals surface area contributed by atoms with E-state index >= 15 is 0 Å². The van der Waals surface area contributed by atoms with E-state index in [4.69, 9.17) is 39.2 Å². The van der Waals surface area contributed by atoms with Crippen molar-refractivity contribution in [2.24, 2.45) is 0 Å². The maximum Gasteiger partial charge on any atom is 0.316 e. The third-order valence-corrected chi connectivity index (χ3v) is 10.9. The first-order valence-electron chi connectivity index (χ1n) is 10.8. The van der Waals surface area contributed by atoms with Crippen LogP contribution < -0.4 is 0 Å². The number of thioether (sulfide) groups is 8. The molecule has 2 N–H and O–H groups in total. The summed E-state index contributed by atoms with van der Waals surface area (Å²) in [5, 5.41) is 19.5. The molecule has 0 spiro atoms. The molecule has 0 heterocycles. The smallest absolute Gasteiger partial charge is 0.316 e. The molecule has 0 aromatic heterocycles. The van der Waals surface area contributed by atoms with Gasteiger partial charge in [0.2, 0.25) is 0 Å². The van der Waals surface area contributed by atoms with Crippen molar-refractivity contribution < 1.29 is 48.8 Å². The van der Waals surface area contributed by atoms with Crippen molar-refractivity contribution in [3.63, 3.8) is 0 Å². The molecule has 0 unspecified atom stereocenters. The van der Waals surface area contributed by atoms with Crippen molar-refractivity contribution in [3.05, 3.63) is 0 Å². The molecule has 0 amide bonds. The Bertz CT molecular complexity index is 513. The summed E-state index contributed by atoms with van der Waals surface area (Å²) in [7, 11) is 0. The second-order valence-corrected chi connectivity index (χ2v) is 15.2. The Balaban J connectivity index is 3.19. The van der Waals surface area contributed by atoms with Gasteiger partial charge < -0.3 is 19.7 Å². The largest absolute Gasteiger partial charge is 0.454 e. The summed E-state index contributed by atoms with van der Waals surface area (Å²) in [5.41, 5.74) is 0. The Morgan fingerprint density at radius 3 is 1.46 bits per heavy atom. The molecule has 37 heavy (non-hydrogen) atoms. The average Bonchev–Trinajstić information content (AvgIpc) is 2.90. The number of ether oxygens (including phenoxy) is 2. The van der Waals surface area contributed by atoms with Crippen molar-refractivity contribution in [2.75, 3.05) is 100.0 Å². The van der Waals surface area contributed by atoms with Gasteiger partial charge in [-0.1, -0.05) is 0 Å². The molecule has 220 valence electrons. The Kier molecular flexibility index (Phi) is 35.1. The summed E-state index contributed by atoms with van der Waals surface area (Å²) in [6.45, 7) is 1.15. The van der Waals surface area contributed by atoms with E-state index in [1.54, 1.807) is 23.5 Å². The van der Waals surface area contributed by atoms with E-state index in [2.05, 4.69) is 0 Å². The third-order valence-electron chi connectivity index (χ3n) is 3.07. The highest BCUT2D eigenvalue weighted by molar-refractivity contribution is 8.16. The molecule has 0 fully saturated rings.